The van der Waals surface area contributed by atoms with E-state index in [4.69, 9.17) is 15.2 Å². The minimum absolute atomic E-state index is 0.0493. The molecular formula is C25H40N8O3. The molecule has 0 radical (unpaired) electrons. The number of carbonyl (C=O) groups excluding carboxylic acids is 1. The standard InChI is InChI=1S/C25H40N8O3/c1-19(2)28-23-30-24(32-25(31-23)33-12-4-3-5-13-33)29-21-8-6-20(7-9-21)18-22(34)27-11-15-36-17-16-35-14-10-26/h6-9,19H,3-5,10-18,26H2,1-2H3,(H,27,34)(H2,28,29,30,31,32). The molecular weight excluding hydrogens is 460 g/mol. The second-order valence-corrected chi connectivity index (χ2v) is 8.99. The van der Waals surface area contributed by atoms with Gasteiger partial charge in [0.1, 0.15) is 0 Å². The molecule has 1 amide bonds. The van der Waals surface area contributed by atoms with Crippen LogP contribution in [0.25, 0.3) is 0 Å². The third-order valence-electron chi connectivity index (χ3n) is 5.46. The topological polar surface area (TPSA) is 140 Å². The van der Waals surface area contributed by atoms with Gasteiger partial charge < -0.3 is 36.1 Å². The number of ether oxygens (including phenoxy) is 2. The van der Waals surface area contributed by atoms with E-state index in [1.54, 1.807) is 0 Å². The van der Waals surface area contributed by atoms with Gasteiger partial charge in [-0.15, -0.1) is 0 Å². The highest BCUT2D eigenvalue weighted by Crippen LogP contribution is 2.21. The first-order chi connectivity index (χ1) is 17.5. The van der Waals surface area contributed by atoms with Crippen molar-refractivity contribution in [2.24, 2.45) is 5.73 Å². The molecule has 0 unspecified atom stereocenters. The Hall–Kier alpha value is -3.02. The molecule has 198 valence electrons. The van der Waals surface area contributed by atoms with Crippen LogP contribution in [0.15, 0.2) is 24.3 Å². The number of aromatic nitrogens is 3. The van der Waals surface area contributed by atoms with Crippen LogP contribution in [0, 0.1) is 0 Å². The van der Waals surface area contributed by atoms with Gasteiger partial charge in [-0.25, -0.2) is 0 Å². The van der Waals surface area contributed by atoms with Crippen LogP contribution in [0.1, 0.15) is 38.7 Å². The van der Waals surface area contributed by atoms with Crippen molar-refractivity contribution in [2.45, 2.75) is 45.6 Å². The maximum absolute atomic E-state index is 12.2. The molecule has 0 aliphatic carbocycles. The van der Waals surface area contributed by atoms with Crippen LogP contribution >= 0.6 is 0 Å². The number of hydrogen-bond acceptors (Lipinski definition) is 10. The lowest BCUT2D eigenvalue weighted by atomic mass is 10.1. The van der Waals surface area contributed by atoms with Gasteiger partial charge in [-0.3, -0.25) is 4.79 Å². The van der Waals surface area contributed by atoms with Crippen LogP contribution in [0.3, 0.4) is 0 Å². The summed E-state index contributed by atoms with van der Waals surface area (Å²) in [5, 5.41) is 9.43. The zero-order chi connectivity index (χ0) is 25.6. The van der Waals surface area contributed by atoms with Crippen molar-refractivity contribution in [3.63, 3.8) is 0 Å². The Morgan fingerprint density at radius 3 is 2.36 bits per heavy atom. The number of hydrogen-bond donors (Lipinski definition) is 4. The lowest BCUT2D eigenvalue weighted by molar-refractivity contribution is -0.120. The Kier molecular flexibility index (Phi) is 11.6. The second-order valence-electron chi connectivity index (χ2n) is 8.99. The quantitative estimate of drug-likeness (QED) is 0.269. The van der Waals surface area contributed by atoms with E-state index >= 15 is 0 Å². The van der Waals surface area contributed by atoms with Gasteiger partial charge in [0.2, 0.25) is 23.8 Å². The van der Waals surface area contributed by atoms with Gasteiger partial charge in [-0.1, -0.05) is 12.1 Å². The molecule has 1 aliphatic rings. The average molecular weight is 501 g/mol. The Bertz CT molecular complexity index is 920. The molecule has 1 saturated heterocycles. The summed E-state index contributed by atoms with van der Waals surface area (Å²) in [5.41, 5.74) is 7.11. The van der Waals surface area contributed by atoms with Crippen molar-refractivity contribution < 1.29 is 14.3 Å². The molecule has 0 bridgehead atoms. The zero-order valence-corrected chi connectivity index (χ0v) is 21.5. The first-order valence-electron chi connectivity index (χ1n) is 12.8. The summed E-state index contributed by atoms with van der Waals surface area (Å²) >= 11 is 0. The van der Waals surface area contributed by atoms with Gasteiger partial charge in [0, 0.05) is 37.9 Å². The summed E-state index contributed by atoms with van der Waals surface area (Å²) in [4.78, 5) is 28.3. The number of nitrogens with zero attached hydrogens (tertiary/aromatic N) is 4. The van der Waals surface area contributed by atoms with E-state index in [1.807, 2.05) is 24.3 Å². The Morgan fingerprint density at radius 1 is 0.972 bits per heavy atom. The highest BCUT2D eigenvalue weighted by atomic mass is 16.5. The Balaban J connectivity index is 1.49. The van der Waals surface area contributed by atoms with Crippen molar-refractivity contribution in [2.75, 3.05) is 68.1 Å². The molecule has 0 spiro atoms. The van der Waals surface area contributed by atoms with Crippen LogP contribution in [0.2, 0.25) is 0 Å². The summed E-state index contributed by atoms with van der Waals surface area (Å²) in [5.74, 6) is 1.69. The van der Waals surface area contributed by atoms with Crippen molar-refractivity contribution in [1.82, 2.24) is 20.3 Å². The minimum Gasteiger partial charge on any atom is -0.378 e. The Labute approximate surface area is 213 Å². The first-order valence-corrected chi connectivity index (χ1v) is 12.8. The van der Waals surface area contributed by atoms with Crippen LogP contribution in [-0.2, 0) is 20.7 Å². The summed E-state index contributed by atoms with van der Waals surface area (Å²) in [6.07, 6.45) is 3.83. The molecule has 5 N–H and O–H groups in total. The number of piperidine rings is 1. The highest BCUT2D eigenvalue weighted by Gasteiger charge is 2.17. The van der Waals surface area contributed by atoms with Gasteiger partial charge in [0.15, 0.2) is 0 Å². The largest absolute Gasteiger partial charge is 0.378 e. The minimum atomic E-state index is -0.0493. The smallest absolute Gasteiger partial charge is 0.233 e. The highest BCUT2D eigenvalue weighted by molar-refractivity contribution is 5.78. The monoisotopic (exact) mass is 500 g/mol. The number of anilines is 4. The van der Waals surface area contributed by atoms with Gasteiger partial charge >= 0.3 is 0 Å². The predicted octanol–water partition coefficient (Wildman–Crippen LogP) is 2.08. The van der Waals surface area contributed by atoms with Gasteiger partial charge in [-0.05, 0) is 50.8 Å². The van der Waals surface area contributed by atoms with Gasteiger partial charge in [0.05, 0.1) is 32.8 Å². The third kappa shape index (κ3) is 9.92. The van der Waals surface area contributed by atoms with Crippen molar-refractivity contribution in [3.8, 4) is 0 Å². The molecule has 1 aliphatic heterocycles. The number of nitrogens with one attached hydrogen (secondary N) is 3. The predicted molar refractivity (Wildman–Crippen MR) is 142 cm³/mol. The fourth-order valence-corrected chi connectivity index (χ4v) is 3.73. The number of nitrogens with two attached hydrogens (primary N) is 1. The third-order valence-corrected chi connectivity index (χ3v) is 5.46. The summed E-state index contributed by atoms with van der Waals surface area (Å²) in [7, 11) is 0. The second kappa shape index (κ2) is 15.2. The van der Waals surface area contributed by atoms with E-state index in [1.165, 1.54) is 6.42 Å². The van der Waals surface area contributed by atoms with Crippen LogP contribution in [0.5, 0.6) is 0 Å². The van der Waals surface area contributed by atoms with Gasteiger partial charge in [-0.2, -0.15) is 15.0 Å². The molecule has 1 aromatic heterocycles. The normalized spacial score (nSPS) is 13.6. The number of amides is 1. The fraction of sp³-hybridized carbons (Fsp3) is 0.600. The van der Waals surface area contributed by atoms with Gasteiger partial charge in [0.25, 0.3) is 0 Å². The molecule has 0 saturated carbocycles. The fourth-order valence-electron chi connectivity index (χ4n) is 3.73. The molecule has 2 heterocycles. The molecule has 1 aromatic carbocycles. The molecule has 1 fully saturated rings. The molecule has 11 heteroatoms. The van der Waals surface area contributed by atoms with Crippen LogP contribution < -0.4 is 26.6 Å². The molecule has 36 heavy (non-hydrogen) atoms. The van der Waals surface area contributed by atoms with Crippen LogP contribution in [0.4, 0.5) is 23.5 Å². The Morgan fingerprint density at radius 2 is 1.67 bits per heavy atom. The SMILES string of the molecule is CC(C)Nc1nc(Nc2ccc(CC(=O)NCCOCCOCCN)cc2)nc(N2CCCCC2)n1. The molecule has 3 rings (SSSR count). The molecule has 0 atom stereocenters. The van der Waals surface area contributed by atoms with E-state index in [-0.39, 0.29) is 11.9 Å². The van der Waals surface area contributed by atoms with E-state index in [2.05, 4.69) is 49.6 Å². The van der Waals surface area contributed by atoms with Crippen molar-refractivity contribution in [1.29, 1.82) is 0 Å². The van der Waals surface area contributed by atoms with E-state index < -0.39 is 0 Å². The zero-order valence-electron chi connectivity index (χ0n) is 21.5. The first kappa shape index (κ1) is 27.6. The summed E-state index contributed by atoms with van der Waals surface area (Å²) in [6.45, 7) is 8.94. The maximum atomic E-state index is 12.2. The maximum Gasteiger partial charge on any atom is 0.233 e. The number of rotatable bonds is 15. The average Bonchev–Trinajstić information content (AvgIpc) is 2.87. The number of benzene rings is 1. The van der Waals surface area contributed by atoms with E-state index in [9.17, 15) is 4.79 Å². The summed E-state index contributed by atoms with van der Waals surface area (Å²) in [6, 6.07) is 7.90. The van der Waals surface area contributed by atoms with Crippen LogP contribution in [-0.4, -0.2) is 79.5 Å². The summed E-state index contributed by atoms with van der Waals surface area (Å²) < 4.78 is 10.6. The van der Waals surface area contributed by atoms with E-state index in [0.717, 1.165) is 37.2 Å². The number of carbonyl (C=O) groups is 1. The molecule has 11 nitrogen and oxygen atoms in total. The van der Waals surface area contributed by atoms with Crippen molar-refractivity contribution >= 4 is 29.4 Å². The van der Waals surface area contributed by atoms with Crippen molar-refractivity contribution in [3.05, 3.63) is 29.8 Å². The van der Waals surface area contributed by atoms with E-state index in [0.29, 0.717) is 63.8 Å². The lowest BCUT2D eigenvalue weighted by Gasteiger charge is -2.27. The molecule has 2 aromatic rings. The lowest BCUT2D eigenvalue weighted by Crippen LogP contribution is -2.31.